The first-order valence-corrected chi connectivity index (χ1v) is 5.53. The van der Waals surface area contributed by atoms with Gasteiger partial charge in [-0.2, -0.15) is 0 Å². The second-order valence-corrected chi connectivity index (χ2v) is 4.74. The van der Waals surface area contributed by atoms with Crippen molar-refractivity contribution >= 4 is 21.7 Å². The molecule has 2 heteroatoms. The smallest absolute Gasteiger partial charge is 0.165 e. The summed E-state index contributed by atoms with van der Waals surface area (Å²) in [6, 6.07) is 3.89. The van der Waals surface area contributed by atoms with Crippen LogP contribution in [-0.2, 0) is 0 Å². The van der Waals surface area contributed by atoms with Crippen LogP contribution in [0.25, 0.3) is 0 Å². The van der Waals surface area contributed by atoms with Crippen molar-refractivity contribution in [1.82, 2.24) is 0 Å². The fourth-order valence-corrected chi connectivity index (χ4v) is 1.65. The van der Waals surface area contributed by atoms with Crippen LogP contribution in [0.2, 0.25) is 0 Å². The first kappa shape index (κ1) is 11.4. The molecule has 0 aliphatic heterocycles. The van der Waals surface area contributed by atoms with E-state index in [2.05, 4.69) is 15.9 Å². The Kier molecular flexibility index (Phi) is 3.48. The van der Waals surface area contributed by atoms with Gasteiger partial charge in [-0.25, -0.2) is 0 Å². The molecule has 0 fully saturated rings. The van der Waals surface area contributed by atoms with Crippen LogP contribution in [0.15, 0.2) is 16.6 Å². The summed E-state index contributed by atoms with van der Waals surface area (Å²) in [6.45, 7) is 7.87. The van der Waals surface area contributed by atoms with Crippen LogP contribution in [0.3, 0.4) is 0 Å². The summed E-state index contributed by atoms with van der Waals surface area (Å²) in [4.78, 5) is 11.7. The maximum Gasteiger partial charge on any atom is 0.165 e. The first-order chi connectivity index (χ1) is 6.43. The van der Waals surface area contributed by atoms with Crippen molar-refractivity contribution in [3.8, 4) is 0 Å². The van der Waals surface area contributed by atoms with Gasteiger partial charge in [-0.1, -0.05) is 29.8 Å². The van der Waals surface area contributed by atoms with Gasteiger partial charge in [0.15, 0.2) is 5.78 Å². The van der Waals surface area contributed by atoms with Gasteiger partial charge in [0.2, 0.25) is 0 Å². The predicted molar refractivity (Wildman–Crippen MR) is 62.8 cm³/mol. The van der Waals surface area contributed by atoms with Gasteiger partial charge in [-0.15, -0.1) is 0 Å². The summed E-state index contributed by atoms with van der Waals surface area (Å²) in [5.74, 6) is 0.277. The molecule has 0 amide bonds. The number of Topliss-reactive ketones (excluding diaryl/α,β-unsaturated/α-hetero) is 1. The van der Waals surface area contributed by atoms with Gasteiger partial charge in [0, 0.05) is 16.0 Å². The van der Waals surface area contributed by atoms with E-state index in [-0.39, 0.29) is 11.7 Å². The number of rotatable bonds is 2. The summed E-state index contributed by atoms with van der Waals surface area (Å²) in [6.07, 6.45) is 0. The number of aryl methyl sites for hydroxylation is 2. The fourth-order valence-electron chi connectivity index (χ4n) is 1.42. The lowest BCUT2D eigenvalue weighted by molar-refractivity contribution is 0.0939. The summed E-state index contributed by atoms with van der Waals surface area (Å²) < 4.78 is 1.10. The maximum absolute atomic E-state index is 11.7. The minimum absolute atomic E-state index is 0.0648. The molecule has 1 rings (SSSR count). The number of carbonyl (C=O) groups is 1. The second-order valence-electron chi connectivity index (χ2n) is 3.94. The lowest BCUT2D eigenvalue weighted by atomic mass is 9.98. The van der Waals surface area contributed by atoms with Gasteiger partial charge in [0.05, 0.1) is 0 Å². The van der Waals surface area contributed by atoms with E-state index in [9.17, 15) is 4.79 Å². The molecule has 0 saturated heterocycles. The Balaban J connectivity index is 3.19. The van der Waals surface area contributed by atoms with Crippen molar-refractivity contribution in [2.75, 3.05) is 0 Å². The maximum atomic E-state index is 11.7. The standard InChI is InChI=1S/C12H15BrO/c1-7(2)12(14)10-5-8(3)11(13)9(4)6-10/h5-7H,1-4H3. The number of hydrogen-bond donors (Lipinski definition) is 0. The molecule has 0 aromatic heterocycles. The van der Waals surface area contributed by atoms with Gasteiger partial charge in [0.25, 0.3) is 0 Å². The Hall–Kier alpha value is -0.630. The Bertz CT molecular complexity index is 344. The molecular weight excluding hydrogens is 240 g/mol. The molecule has 1 nitrogen and oxygen atoms in total. The van der Waals surface area contributed by atoms with Crippen LogP contribution in [0, 0.1) is 19.8 Å². The molecular formula is C12H15BrO. The van der Waals surface area contributed by atoms with Gasteiger partial charge < -0.3 is 0 Å². The molecule has 0 atom stereocenters. The minimum Gasteiger partial charge on any atom is -0.294 e. The fraction of sp³-hybridized carbons (Fsp3) is 0.417. The van der Waals surface area contributed by atoms with Crippen molar-refractivity contribution in [1.29, 1.82) is 0 Å². The second kappa shape index (κ2) is 4.26. The van der Waals surface area contributed by atoms with Crippen LogP contribution in [-0.4, -0.2) is 5.78 Å². The molecule has 0 radical (unpaired) electrons. The molecule has 76 valence electrons. The minimum atomic E-state index is 0.0648. The number of hydrogen-bond acceptors (Lipinski definition) is 1. The van der Waals surface area contributed by atoms with E-state index in [0.29, 0.717) is 0 Å². The van der Waals surface area contributed by atoms with Crippen molar-refractivity contribution in [3.05, 3.63) is 33.3 Å². The molecule has 0 aliphatic rings. The molecule has 0 spiro atoms. The Morgan fingerprint density at radius 2 is 1.64 bits per heavy atom. The predicted octanol–water partition coefficient (Wildman–Crippen LogP) is 3.90. The van der Waals surface area contributed by atoms with Crippen molar-refractivity contribution in [2.45, 2.75) is 27.7 Å². The molecule has 1 aromatic carbocycles. The zero-order valence-corrected chi connectivity index (χ0v) is 10.6. The summed E-state index contributed by atoms with van der Waals surface area (Å²) in [5, 5.41) is 0. The van der Waals surface area contributed by atoms with E-state index in [1.165, 1.54) is 0 Å². The van der Waals surface area contributed by atoms with Crippen molar-refractivity contribution < 1.29 is 4.79 Å². The third-order valence-electron chi connectivity index (χ3n) is 2.25. The van der Waals surface area contributed by atoms with Gasteiger partial charge in [0.1, 0.15) is 0 Å². The lowest BCUT2D eigenvalue weighted by Gasteiger charge is -2.08. The summed E-state index contributed by atoms with van der Waals surface area (Å²) in [7, 11) is 0. The highest BCUT2D eigenvalue weighted by Gasteiger charge is 2.12. The lowest BCUT2D eigenvalue weighted by Crippen LogP contribution is -2.08. The quantitative estimate of drug-likeness (QED) is 0.732. The molecule has 0 heterocycles. The monoisotopic (exact) mass is 254 g/mol. The van der Waals surface area contributed by atoms with Crippen molar-refractivity contribution in [2.24, 2.45) is 5.92 Å². The molecule has 0 N–H and O–H groups in total. The summed E-state index contributed by atoms with van der Waals surface area (Å²) in [5.41, 5.74) is 3.06. The summed E-state index contributed by atoms with van der Waals surface area (Å²) >= 11 is 3.49. The average Bonchev–Trinajstić information content (AvgIpc) is 2.12. The largest absolute Gasteiger partial charge is 0.294 e. The topological polar surface area (TPSA) is 17.1 Å². The third kappa shape index (κ3) is 2.24. The van der Waals surface area contributed by atoms with E-state index in [1.807, 2.05) is 39.8 Å². The highest BCUT2D eigenvalue weighted by Crippen LogP contribution is 2.23. The van der Waals surface area contributed by atoms with Crippen LogP contribution >= 0.6 is 15.9 Å². The van der Waals surface area contributed by atoms with E-state index in [1.54, 1.807) is 0 Å². The van der Waals surface area contributed by atoms with Crippen molar-refractivity contribution in [3.63, 3.8) is 0 Å². The number of halogens is 1. The molecule has 1 aromatic rings. The normalized spacial score (nSPS) is 10.7. The number of carbonyl (C=O) groups excluding carboxylic acids is 1. The highest BCUT2D eigenvalue weighted by molar-refractivity contribution is 9.10. The Morgan fingerprint density at radius 1 is 1.21 bits per heavy atom. The average molecular weight is 255 g/mol. The van der Waals surface area contributed by atoms with E-state index in [0.717, 1.165) is 21.2 Å². The third-order valence-corrected chi connectivity index (χ3v) is 3.50. The van der Waals surface area contributed by atoms with Gasteiger partial charge >= 0.3 is 0 Å². The number of ketones is 1. The molecule has 0 bridgehead atoms. The molecule has 0 unspecified atom stereocenters. The number of benzene rings is 1. The van der Waals surface area contributed by atoms with Gasteiger partial charge in [-0.3, -0.25) is 4.79 Å². The van der Waals surface area contributed by atoms with E-state index < -0.39 is 0 Å². The zero-order valence-electron chi connectivity index (χ0n) is 9.02. The van der Waals surface area contributed by atoms with Crippen LogP contribution in [0.5, 0.6) is 0 Å². The molecule has 0 saturated carbocycles. The zero-order chi connectivity index (χ0) is 10.9. The Labute approximate surface area is 93.7 Å². The Morgan fingerprint density at radius 3 is 2.00 bits per heavy atom. The highest BCUT2D eigenvalue weighted by atomic mass is 79.9. The van der Waals surface area contributed by atoms with Crippen LogP contribution < -0.4 is 0 Å². The molecule has 0 aliphatic carbocycles. The SMILES string of the molecule is Cc1cc(C(=O)C(C)C)cc(C)c1Br. The molecule has 14 heavy (non-hydrogen) atoms. The van der Waals surface area contributed by atoms with Gasteiger partial charge in [-0.05, 0) is 37.1 Å². The first-order valence-electron chi connectivity index (χ1n) is 4.74. The van der Waals surface area contributed by atoms with E-state index >= 15 is 0 Å². The van der Waals surface area contributed by atoms with Crippen LogP contribution in [0.4, 0.5) is 0 Å². The van der Waals surface area contributed by atoms with E-state index in [4.69, 9.17) is 0 Å². The van der Waals surface area contributed by atoms with Crippen LogP contribution in [0.1, 0.15) is 35.3 Å².